The van der Waals surface area contributed by atoms with E-state index in [-0.39, 0.29) is 0 Å². The maximum atomic E-state index is 4.60. The molecule has 0 saturated heterocycles. The number of para-hydroxylation sites is 1. The molecule has 0 aliphatic heterocycles. The predicted octanol–water partition coefficient (Wildman–Crippen LogP) is 3.79. The van der Waals surface area contributed by atoms with Crippen LogP contribution in [0.2, 0.25) is 0 Å². The molecule has 4 rings (SSSR count). The highest BCUT2D eigenvalue weighted by Crippen LogP contribution is 2.29. The minimum Gasteiger partial charge on any atom is -0.254 e. The van der Waals surface area contributed by atoms with Crippen LogP contribution in [-0.4, -0.2) is 20.0 Å². The number of hydrogen-bond donors (Lipinski definition) is 0. The Morgan fingerprint density at radius 1 is 0.864 bits per heavy atom. The Balaban J connectivity index is 2.02. The van der Waals surface area contributed by atoms with Crippen LogP contribution in [0.4, 0.5) is 0 Å². The lowest BCUT2D eigenvalue weighted by atomic mass is 10.1. The van der Waals surface area contributed by atoms with E-state index in [2.05, 4.69) is 27.4 Å². The second-order valence-electron chi connectivity index (χ2n) is 5.15. The van der Waals surface area contributed by atoms with Crippen LogP contribution in [0.5, 0.6) is 0 Å². The molecule has 0 bridgehead atoms. The van der Waals surface area contributed by atoms with Gasteiger partial charge in [0.2, 0.25) is 0 Å². The SMILES string of the molecule is Cc1nnn(-c2ccccc2)c1-c1nccc2ccccc12. The summed E-state index contributed by atoms with van der Waals surface area (Å²) < 4.78 is 1.85. The lowest BCUT2D eigenvalue weighted by Crippen LogP contribution is -2.01. The highest BCUT2D eigenvalue weighted by atomic mass is 15.4. The first-order chi connectivity index (χ1) is 10.8. The number of hydrogen-bond acceptors (Lipinski definition) is 3. The first-order valence-corrected chi connectivity index (χ1v) is 7.16. The third-order valence-corrected chi connectivity index (χ3v) is 3.74. The zero-order chi connectivity index (χ0) is 14.9. The Morgan fingerprint density at radius 3 is 2.50 bits per heavy atom. The number of aryl methyl sites for hydroxylation is 1. The quantitative estimate of drug-likeness (QED) is 0.563. The van der Waals surface area contributed by atoms with Crippen molar-refractivity contribution in [2.75, 3.05) is 0 Å². The van der Waals surface area contributed by atoms with Crippen molar-refractivity contribution >= 4 is 10.8 Å². The van der Waals surface area contributed by atoms with Crippen molar-refractivity contribution in [1.29, 1.82) is 0 Å². The van der Waals surface area contributed by atoms with Crippen molar-refractivity contribution in [3.8, 4) is 17.1 Å². The molecule has 2 aromatic heterocycles. The second-order valence-corrected chi connectivity index (χ2v) is 5.15. The van der Waals surface area contributed by atoms with Gasteiger partial charge in [-0.3, -0.25) is 4.98 Å². The first-order valence-electron chi connectivity index (χ1n) is 7.16. The van der Waals surface area contributed by atoms with Crippen LogP contribution in [0, 0.1) is 6.92 Å². The fourth-order valence-corrected chi connectivity index (χ4v) is 2.69. The zero-order valence-electron chi connectivity index (χ0n) is 12.1. The van der Waals surface area contributed by atoms with Crippen LogP contribution in [0.25, 0.3) is 27.8 Å². The van der Waals surface area contributed by atoms with Crippen LogP contribution in [0.3, 0.4) is 0 Å². The van der Waals surface area contributed by atoms with Crippen molar-refractivity contribution in [2.24, 2.45) is 0 Å². The van der Waals surface area contributed by atoms with Crippen molar-refractivity contribution in [1.82, 2.24) is 20.0 Å². The molecule has 0 unspecified atom stereocenters. The number of nitrogens with zero attached hydrogens (tertiary/aromatic N) is 4. The van der Waals surface area contributed by atoms with Crippen molar-refractivity contribution in [3.05, 3.63) is 72.6 Å². The Bertz CT molecular complexity index is 936. The van der Waals surface area contributed by atoms with Gasteiger partial charge in [-0.05, 0) is 30.5 Å². The summed E-state index contributed by atoms with van der Waals surface area (Å²) in [6, 6.07) is 20.3. The van der Waals surface area contributed by atoms with Gasteiger partial charge in [0.1, 0.15) is 5.69 Å². The molecule has 0 spiro atoms. The number of rotatable bonds is 2. The minimum atomic E-state index is 0.868. The molecule has 4 aromatic rings. The summed E-state index contributed by atoms with van der Waals surface area (Å²) in [5, 5.41) is 10.8. The van der Waals surface area contributed by atoms with E-state index in [0.29, 0.717) is 0 Å². The van der Waals surface area contributed by atoms with Crippen LogP contribution < -0.4 is 0 Å². The third-order valence-electron chi connectivity index (χ3n) is 3.74. The molecule has 4 nitrogen and oxygen atoms in total. The molecule has 0 N–H and O–H groups in total. The van der Waals surface area contributed by atoms with Crippen LogP contribution >= 0.6 is 0 Å². The van der Waals surface area contributed by atoms with E-state index in [0.717, 1.165) is 33.5 Å². The van der Waals surface area contributed by atoms with Crippen LogP contribution in [0.1, 0.15) is 5.69 Å². The lowest BCUT2D eigenvalue weighted by molar-refractivity contribution is 0.804. The van der Waals surface area contributed by atoms with Crippen molar-refractivity contribution < 1.29 is 0 Å². The molecule has 4 heteroatoms. The Kier molecular flexibility index (Phi) is 2.93. The highest BCUT2D eigenvalue weighted by molar-refractivity contribution is 5.94. The number of fused-ring (bicyclic) bond motifs is 1. The average Bonchev–Trinajstić information content (AvgIpc) is 2.96. The molecule has 0 saturated carbocycles. The van der Waals surface area contributed by atoms with Gasteiger partial charge < -0.3 is 0 Å². The van der Waals surface area contributed by atoms with Gasteiger partial charge in [-0.1, -0.05) is 47.7 Å². The van der Waals surface area contributed by atoms with Gasteiger partial charge in [-0.25, -0.2) is 4.68 Å². The standard InChI is InChI=1S/C18H14N4/c1-13-18(22(21-20-13)15-8-3-2-4-9-15)17-16-10-6-5-7-14(16)11-12-19-17/h2-12H,1H3. The summed E-state index contributed by atoms with van der Waals surface area (Å²) in [7, 11) is 0. The van der Waals surface area contributed by atoms with Gasteiger partial charge in [0.25, 0.3) is 0 Å². The first kappa shape index (κ1) is 12.7. The number of benzene rings is 2. The van der Waals surface area contributed by atoms with Gasteiger partial charge in [-0.15, -0.1) is 5.10 Å². The molecule has 2 aromatic carbocycles. The number of aromatic nitrogens is 4. The summed E-state index contributed by atoms with van der Waals surface area (Å²) in [4.78, 5) is 4.60. The van der Waals surface area contributed by atoms with E-state index in [1.54, 1.807) is 0 Å². The van der Waals surface area contributed by atoms with E-state index in [9.17, 15) is 0 Å². The molecule has 106 valence electrons. The van der Waals surface area contributed by atoms with E-state index < -0.39 is 0 Å². The van der Waals surface area contributed by atoms with E-state index in [4.69, 9.17) is 0 Å². The molecule has 0 aliphatic rings. The van der Waals surface area contributed by atoms with Gasteiger partial charge >= 0.3 is 0 Å². The Labute approximate surface area is 128 Å². The monoisotopic (exact) mass is 286 g/mol. The van der Waals surface area contributed by atoms with Gasteiger partial charge in [0, 0.05) is 11.6 Å². The fourth-order valence-electron chi connectivity index (χ4n) is 2.69. The maximum Gasteiger partial charge on any atom is 0.116 e. The smallest absolute Gasteiger partial charge is 0.116 e. The minimum absolute atomic E-state index is 0.868. The summed E-state index contributed by atoms with van der Waals surface area (Å²) in [6.45, 7) is 1.96. The normalized spacial score (nSPS) is 11.0. The molecule has 0 fully saturated rings. The largest absolute Gasteiger partial charge is 0.254 e. The zero-order valence-corrected chi connectivity index (χ0v) is 12.1. The molecule has 2 heterocycles. The van der Waals surface area contributed by atoms with Gasteiger partial charge in [-0.2, -0.15) is 0 Å². The fraction of sp³-hybridized carbons (Fsp3) is 0.0556. The summed E-state index contributed by atoms with van der Waals surface area (Å²) in [6.07, 6.45) is 1.83. The molecular formula is C18H14N4. The maximum absolute atomic E-state index is 4.60. The van der Waals surface area contributed by atoms with E-state index in [1.165, 1.54) is 0 Å². The highest BCUT2D eigenvalue weighted by Gasteiger charge is 2.16. The van der Waals surface area contributed by atoms with Gasteiger partial charge in [0.05, 0.1) is 17.1 Å². The van der Waals surface area contributed by atoms with E-state index >= 15 is 0 Å². The average molecular weight is 286 g/mol. The predicted molar refractivity (Wildman–Crippen MR) is 86.8 cm³/mol. The summed E-state index contributed by atoms with van der Waals surface area (Å²) in [5.41, 5.74) is 3.69. The lowest BCUT2D eigenvalue weighted by Gasteiger charge is -2.09. The molecule has 0 atom stereocenters. The van der Waals surface area contributed by atoms with E-state index in [1.807, 2.05) is 66.3 Å². The second kappa shape index (κ2) is 5.07. The van der Waals surface area contributed by atoms with Crippen molar-refractivity contribution in [2.45, 2.75) is 6.92 Å². The summed E-state index contributed by atoms with van der Waals surface area (Å²) >= 11 is 0. The molecule has 0 radical (unpaired) electrons. The molecule has 0 amide bonds. The topological polar surface area (TPSA) is 43.6 Å². The third kappa shape index (κ3) is 1.97. The van der Waals surface area contributed by atoms with Gasteiger partial charge in [0.15, 0.2) is 0 Å². The van der Waals surface area contributed by atoms with Crippen LogP contribution in [-0.2, 0) is 0 Å². The molecule has 0 aliphatic carbocycles. The Hall–Kier alpha value is -3.01. The Morgan fingerprint density at radius 2 is 1.64 bits per heavy atom. The molecular weight excluding hydrogens is 272 g/mol. The van der Waals surface area contributed by atoms with Crippen molar-refractivity contribution in [3.63, 3.8) is 0 Å². The van der Waals surface area contributed by atoms with Crippen LogP contribution in [0.15, 0.2) is 66.9 Å². The molecule has 22 heavy (non-hydrogen) atoms. The number of pyridine rings is 1. The summed E-state index contributed by atoms with van der Waals surface area (Å²) in [5.74, 6) is 0.